The number of rotatable bonds is 6. The summed E-state index contributed by atoms with van der Waals surface area (Å²) in [7, 11) is 0. The standard InChI is InChI=1S/C30H23N7O2/c31-33-29(38)23-16-18-24(19-17-23)34-35-28(22-11-5-2-6-12-22)36-37-27(20-15-21-9-3-1-4-10-21)32-26-14-8-7-13-25(26)30(37)39/h1-20H,31H2,(H,33,38)/b20-15+,35-34?,36-28-. The molecule has 0 atom stereocenters. The second kappa shape index (κ2) is 11.7. The maximum atomic E-state index is 13.6. The Balaban J connectivity index is 1.63. The van der Waals surface area contributed by atoms with E-state index in [0.717, 1.165) is 5.56 Å². The number of carbonyl (C=O) groups is 1. The normalized spacial score (nSPS) is 11.9. The minimum Gasteiger partial charge on any atom is -0.290 e. The molecule has 0 aliphatic rings. The number of para-hydroxylation sites is 1. The lowest BCUT2D eigenvalue weighted by Crippen LogP contribution is -2.29. The first-order valence-corrected chi connectivity index (χ1v) is 12.0. The Hall–Kier alpha value is -5.54. The molecule has 5 aromatic rings. The molecule has 1 heterocycles. The minimum absolute atomic E-state index is 0.202. The van der Waals surface area contributed by atoms with Gasteiger partial charge in [-0.05, 0) is 48.0 Å². The summed E-state index contributed by atoms with van der Waals surface area (Å²) in [6.45, 7) is 0. The Morgan fingerprint density at radius 3 is 2.18 bits per heavy atom. The van der Waals surface area contributed by atoms with Crippen molar-refractivity contribution in [3.05, 3.63) is 142 Å². The van der Waals surface area contributed by atoms with Crippen molar-refractivity contribution in [3.8, 4) is 0 Å². The monoisotopic (exact) mass is 513 g/mol. The molecular weight excluding hydrogens is 490 g/mol. The zero-order valence-corrected chi connectivity index (χ0v) is 20.7. The van der Waals surface area contributed by atoms with E-state index in [1.54, 1.807) is 48.5 Å². The Labute approximate surface area is 223 Å². The largest absolute Gasteiger partial charge is 0.290 e. The van der Waals surface area contributed by atoms with Crippen molar-refractivity contribution in [1.82, 2.24) is 15.1 Å². The molecule has 0 saturated carbocycles. The minimum atomic E-state index is -0.413. The van der Waals surface area contributed by atoms with E-state index in [1.807, 2.05) is 72.8 Å². The van der Waals surface area contributed by atoms with Gasteiger partial charge < -0.3 is 0 Å². The molecule has 4 aromatic carbocycles. The first-order valence-electron chi connectivity index (χ1n) is 12.0. The number of hydrazine groups is 1. The number of azo groups is 1. The Kier molecular flexibility index (Phi) is 7.52. The van der Waals surface area contributed by atoms with Gasteiger partial charge in [-0.1, -0.05) is 78.9 Å². The third-order valence-corrected chi connectivity index (χ3v) is 5.75. The molecule has 0 radical (unpaired) electrons. The molecule has 0 saturated heterocycles. The van der Waals surface area contributed by atoms with Crippen molar-refractivity contribution < 1.29 is 4.79 Å². The van der Waals surface area contributed by atoms with Crippen LogP contribution in [0.15, 0.2) is 129 Å². The molecule has 9 nitrogen and oxygen atoms in total. The van der Waals surface area contributed by atoms with E-state index in [9.17, 15) is 9.59 Å². The van der Waals surface area contributed by atoms with Crippen LogP contribution in [0.1, 0.15) is 27.3 Å². The summed E-state index contributed by atoms with van der Waals surface area (Å²) in [5, 5.41) is 13.7. The lowest BCUT2D eigenvalue weighted by molar-refractivity contribution is 0.0953. The summed E-state index contributed by atoms with van der Waals surface area (Å²) in [5.41, 5.74) is 4.78. The predicted octanol–water partition coefficient (Wildman–Crippen LogP) is 5.16. The summed E-state index contributed by atoms with van der Waals surface area (Å²) in [4.78, 5) is 30.0. The van der Waals surface area contributed by atoms with Crippen LogP contribution in [0.25, 0.3) is 23.1 Å². The van der Waals surface area contributed by atoms with Crippen molar-refractivity contribution in [2.45, 2.75) is 0 Å². The number of nitrogen functional groups attached to an aromatic ring is 1. The fraction of sp³-hybridized carbons (Fsp3) is 0. The molecule has 3 N–H and O–H groups in total. The van der Waals surface area contributed by atoms with E-state index in [0.29, 0.717) is 33.5 Å². The molecule has 39 heavy (non-hydrogen) atoms. The molecule has 0 unspecified atom stereocenters. The maximum absolute atomic E-state index is 13.6. The quantitative estimate of drug-likeness (QED) is 0.0811. The number of nitrogens with zero attached hydrogens (tertiary/aromatic N) is 5. The fourth-order valence-electron chi connectivity index (χ4n) is 3.77. The number of fused-ring (bicyclic) bond motifs is 1. The highest BCUT2D eigenvalue weighted by molar-refractivity contribution is 5.99. The van der Waals surface area contributed by atoms with Crippen LogP contribution in [0, 0.1) is 0 Å². The van der Waals surface area contributed by atoms with Crippen LogP contribution in [0.2, 0.25) is 0 Å². The summed E-state index contributed by atoms with van der Waals surface area (Å²) in [5.74, 6) is 5.32. The van der Waals surface area contributed by atoms with Gasteiger partial charge in [0.05, 0.1) is 16.6 Å². The highest BCUT2D eigenvalue weighted by Crippen LogP contribution is 2.16. The lowest BCUT2D eigenvalue weighted by Gasteiger charge is -2.08. The highest BCUT2D eigenvalue weighted by Gasteiger charge is 2.11. The fourth-order valence-corrected chi connectivity index (χ4v) is 3.77. The maximum Gasteiger partial charge on any atom is 0.282 e. The number of amidine groups is 1. The van der Waals surface area contributed by atoms with Crippen molar-refractivity contribution in [2.75, 3.05) is 0 Å². The number of hydrogen-bond donors (Lipinski definition) is 2. The van der Waals surface area contributed by atoms with E-state index in [4.69, 9.17) is 10.8 Å². The average Bonchev–Trinajstić information content (AvgIpc) is 3.00. The van der Waals surface area contributed by atoms with Gasteiger partial charge in [0.2, 0.25) is 5.84 Å². The Morgan fingerprint density at radius 2 is 1.46 bits per heavy atom. The van der Waals surface area contributed by atoms with E-state index in [1.165, 1.54) is 4.68 Å². The molecule has 0 spiro atoms. The summed E-state index contributed by atoms with van der Waals surface area (Å²) < 4.78 is 1.23. The summed E-state index contributed by atoms with van der Waals surface area (Å²) in [6.07, 6.45) is 3.61. The molecule has 5 rings (SSSR count). The number of carbonyl (C=O) groups excluding carboxylic acids is 1. The number of amides is 1. The predicted molar refractivity (Wildman–Crippen MR) is 152 cm³/mol. The van der Waals surface area contributed by atoms with Gasteiger partial charge in [0.15, 0.2) is 5.82 Å². The molecule has 0 aliphatic heterocycles. The topological polar surface area (TPSA) is 127 Å². The van der Waals surface area contributed by atoms with Crippen LogP contribution < -0.4 is 16.8 Å². The van der Waals surface area contributed by atoms with Crippen molar-refractivity contribution in [2.24, 2.45) is 21.2 Å². The van der Waals surface area contributed by atoms with Crippen LogP contribution in [0.5, 0.6) is 0 Å². The second-order valence-corrected chi connectivity index (χ2v) is 8.36. The van der Waals surface area contributed by atoms with Crippen molar-refractivity contribution in [1.29, 1.82) is 0 Å². The first kappa shape index (κ1) is 25.1. The molecule has 0 bridgehead atoms. The zero-order valence-electron chi connectivity index (χ0n) is 20.7. The van der Waals surface area contributed by atoms with Gasteiger partial charge in [-0.15, -0.1) is 15.3 Å². The van der Waals surface area contributed by atoms with E-state index in [2.05, 4.69) is 20.8 Å². The van der Waals surface area contributed by atoms with Crippen LogP contribution in [0.4, 0.5) is 5.69 Å². The van der Waals surface area contributed by atoms with Crippen LogP contribution in [-0.2, 0) is 0 Å². The third-order valence-electron chi connectivity index (χ3n) is 5.75. The van der Waals surface area contributed by atoms with Gasteiger partial charge in [0.1, 0.15) is 0 Å². The van der Waals surface area contributed by atoms with E-state index in [-0.39, 0.29) is 11.4 Å². The van der Waals surface area contributed by atoms with Crippen LogP contribution >= 0.6 is 0 Å². The summed E-state index contributed by atoms with van der Waals surface area (Å²) >= 11 is 0. The molecule has 0 aliphatic carbocycles. The van der Waals surface area contributed by atoms with Gasteiger partial charge >= 0.3 is 0 Å². The van der Waals surface area contributed by atoms with Crippen LogP contribution in [-0.4, -0.2) is 21.4 Å². The smallest absolute Gasteiger partial charge is 0.282 e. The zero-order chi connectivity index (χ0) is 27.0. The van der Waals surface area contributed by atoms with E-state index >= 15 is 0 Å². The molecule has 1 aromatic heterocycles. The van der Waals surface area contributed by atoms with Gasteiger partial charge in [0, 0.05) is 11.1 Å². The van der Waals surface area contributed by atoms with Gasteiger partial charge in [-0.2, -0.15) is 4.68 Å². The van der Waals surface area contributed by atoms with Gasteiger partial charge in [0.25, 0.3) is 11.5 Å². The van der Waals surface area contributed by atoms with Gasteiger partial charge in [-0.25, -0.2) is 10.8 Å². The highest BCUT2D eigenvalue weighted by atomic mass is 16.2. The molecule has 190 valence electrons. The van der Waals surface area contributed by atoms with Gasteiger partial charge in [-0.3, -0.25) is 15.0 Å². The molecule has 1 amide bonds. The molecular formula is C30H23N7O2. The third kappa shape index (κ3) is 5.90. The number of benzene rings is 4. The Bertz CT molecular complexity index is 1760. The second-order valence-electron chi connectivity index (χ2n) is 8.36. The first-order chi connectivity index (χ1) is 19.1. The number of nitrogens with one attached hydrogen (secondary N) is 1. The molecule has 9 heteroatoms. The van der Waals surface area contributed by atoms with Crippen molar-refractivity contribution in [3.63, 3.8) is 0 Å². The molecule has 0 fully saturated rings. The van der Waals surface area contributed by atoms with Crippen molar-refractivity contribution >= 4 is 40.5 Å². The number of nitrogens with two attached hydrogens (primary N) is 1. The lowest BCUT2D eigenvalue weighted by atomic mass is 10.2. The number of aromatic nitrogens is 2. The summed E-state index contributed by atoms with van der Waals surface area (Å²) in [6, 6.07) is 32.5. The van der Waals surface area contributed by atoms with Crippen LogP contribution in [0.3, 0.4) is 0 Å². The average molecular weight is 514 g/mol. The number of hydrogen-bond acceptors (Lipinski definition) is 6. The Morgan fingerprint density at radius 1 is 0.795 bits per heavy atom. The SMILES string of the molecule is NNC(=O)c1ccc(N=N/C(=N\n2c(/C=C/c3ccccc3)nc3ccccc3c2=O)c2ccccc2)cc1. The van der Waals surface area contributed by atoms with E-state index < -0.39 is 5.91 Å².